The van der Waals surface area contributed by atoms with Gasteiger partial charge in [0.15, 0.2) is 0 Å². The number of carbonyl (C=O) groups is 1. The van der Waals surface area contributed by atoms with Crippen molar-refractivity contribution in [3.8, 4) is 0 Å². The Labute approximate surface area is 138 Å². The highest BCUT2D eigenvalue weighted by Gasteiger charge is 2.26. The lowest BCUT2D eigenvalue weighted by Crippen LogP contribution is -2.48. The highest BCUT2D eigenvalue weighted by Crippen LogP contribution is 2.19. The van der Waals surface area contributed by atoms with E-state index in [2.05, 4.69) is 30.3 Å². The maximum absolute atomic E-state index is 12.3. The summed E-state index contributed by atoms with van der Waals surface area (Å²) in [5.74, 6) is 0.510. The zero-order valence-electron chi connectivity index (χ0n) is 14.7. The van der Waals surface area contributed by atoms with Crippen LogP contribution in [0.25, 0.3) is 0 Å². The lowest BCUT2D eigenvalue weighted by molar-refractivity contribution is 0.0737. The molecule has 6 heteroatoms. The minimum absolute atomic E-state index is 0.0180. The van der Waals surface area contributed by atoms with Crippen molar-refractivity contribution >= 4 is 6.03 Å². The molecule has 0 aromatic carbocycles. The van der Waals surface area contributed by atoms with Crippen LogP contribution >= 0.6 is 0 Å². The predicted octanol–water partition coefficient (Wildman–Crippen LogP) is 1.94. The average Bonchev–Trinajstić information content (AvgIpc) is 2.82. The van der Waals surface area contributed by atoms with Crippen LogP contribution in [0.15, 0.2) is 6.07 Å². The Morgan fingerprint density at radius 3 is 2.83 bits per heavy atom. The summed E-state index contributed by atoms with van der Waals surface area (Å²) in [6.45, 7) is 10.8. The topological polar surface area (TPSA) is 70.4 Å². The van der Waals surface area contributed by atoms with Gasteiger partial charge in [0, 0.05) is 37.8 Å². The van der Waals surface area contributed by atoms with E-state index in [0.29, 0.717) is 19.0 Å². The minimum Gasteiger partial charge on any atom is -0.393 e. The zero-order valence-corrected chi connectivity index (χ0v) is 14.7. The van der Waals surface area contributed by atoms with Crippen LogP contribution in [0, 0.1) is 25.7 Å². The summed E-state index contributed by atoms with van der Waals surface area (Å²) >= 11 is 0. The predicted molar refractivity (Wildman–Crippen MR) is 90.2 cm³/mol. The second kappa shape index (κ2) is 7.81. The lowest BCUT2D eigenvalue weighted by atomic mass is 9.94. The lowest BCUT2D eigenvalue weighted by Gasteiger charge is -2.34. The quantitative estimate of drug-likeness (QED) is 0.870. The Morgan fingerprint density at radius 1 is 1.48 bits per heavy atom. The van der Waals surface area contributed by atoms with Gasteiger partial charge in [-0.1, -0.05) is 6.92 Å². The third-order valence-electron chi connectivity index (χ3n) is 4.62. The van der Waals surface area contributed by atoms with Crippen molar-refractivity contribution in [2.24, 2.45) is 11.8 Å². The second-order valence-corrected chi connectivity index (χ2v) is 6.99. The zero-order chi connectivity index (χ0) is 17.0. The first kappa shape index (κ1) is 17.8. The van der Waals surface area contributed by atoms with Crippen LogP contribution in [0.2, 0.25) is 0 Å². The van der Waals surface area contributed by atoms with E-state index in [9.17, 15) is 9.90 Å². The van der Waals surface area contributed by atoms with Gasteiger partial charge in [-0.3, -0.25) is 4.68 Å². The maximum Gasteiger partial charge on any atom is 0.317 e. The van der Waals surface area contributed by atoms with Gasteiger partial charge < -0.3 is 15.3 Å². The summed E-state index contributed by atoms with van der Waals surface area (Å²) in [7, 11) is 0. The van der Waals surface area contributed by atoms with Crippen molar-refractivity contribution in [2.45, 2.75) is 53.2 Å². The molecule has 1 aliphatic rings. The van der Waals surface area contributed by atoms with Crippen LogP contribution in [0.5, 0.6) is 0 Å². The van der Waals surface area contributed by atoms with Gasteiger partial charge in [0.25, 0.3) is 0 Å². The molecule has 1 saturated heterocycles. The fourth-order valence-corrected chi connectivity index (χ4v) is 3.18. The summed E-state index contributed by atoms with van der Waals surface area (Å²) in [6, 6.07) is 2.05. The molecule has 2 heterocycles. The van der Waals surface area contributed by atoms with E-state index in [4.69, 9.17) is 0 Å². The van der Waals surface area contributed by atoms with Crippen molar-refractivity contribution < 1.29 is 9.90 Å². The molecule has 1 aromatic rings. The number of aromatic nitrogens is 2. The third-order valence-corrected chi connectivity index (χ3v) is 4.62. The minimum atomic E-state index is -0.351. The van der Waals surface area contributed by atoms with Crippen LogP contribution < -0.4 is 5.32 Å². The monoisotopic (exact) mass is 322 g/mol. The number of hydrogen-bond acceptors (Lipinski definition) is 3. The molecular formula is C17H30N4O2. The van der Waals surface area contributed by atoms with Gasteiger partial charge in [-0.15, -0.1) is 0 Å². The van der Waals surface area contributed by atoms with Gasteiger partial charge in [0.05, 0.1) is 11.8 Å². The molecule has 2 rings (SSSR count). The first-order valence-corrected chi connectivity index (χ1v) is 8.58. The van der Waals surface area contributed by atoms with Crippen molar-refractivity contribution in [3.63, 3.8) is 0 Å². The number of likely N-dealkylation sites (tertiary alicyclic amines) is 1. The number of hydrogen-bond donors (Lipinski definition) is 2. The molecule has 3 unspecified atom stereocenters. The van der Waals surface area contributed by atoms with E-state index >= 15 is 0 Å². The van der Waals surface area contributed by atoms with Crippen LogP contribution in [-0.2, 0) is 6.54 Å². The average molecular weight is 322 g/mol. The number of aliphatic hydroxyl groups is 1. The number of amides is 2. The molecule has 0 bridgehead atoms. The molecule has 2 amide bonds. The van der Waals surface area contributed by atoms with Gasteiger partial charge >= 0.3 is 6.03 Å². The number of urea groups is 1. The third kappa shape index (κ3) is 4.96. The number of nitrogens with zero attached hydrogens (tertiary/aromatic N) is 3. The molecular weight excluding hydrogens is 292 g/mol. The number of rotatable bonds is 5. The second-order valence-electron chi connectivity index (χ2n) is 6.99. The molecule has 0 radical (unpaired) electrons. The highest BCUT2D eigenvalue weighted by molar-refractivity contribution is 5.74. The standard InChI is InChI=1S/C17H30N4O2/c1-12(10-21-14(3)8-13(2)19-21)9-18-17(23)20-7-5-6-16(11-20)15(4)22/h8,12,15-16,22H,5-7,9-11H2,1-4H3,(H,18,23). The summed E-state index contributed by atoms with van der Waals surface area (Å²) in [6.07, 6.45) is 1.61. The van der Waals surface area contributed by atoms with Gasteiger partial charge in [-0.25, -0.2) is 4.79 Å². The number of aliphatic hydroxyl groups excluding tert-OH is 1. The molecule has 3 atom stereocenters. The smallest absolute Gasteiger partial charge is 0.317 e. The Hall–Kier alpha value is -1.56. The first-order chi connectivity index (χ1) is 10.9. The highest BCUT2D eigenvalue weighted by atomic mass is 16.3. The molecule has 2 N–H and O–H groups in total. The van der Waals surface area contributed by atoms with Crippen LogP contribution in [-0.4, -0.2) is 51.6 Å². The van der Waals surface area contributed by atoms with Crippen LogP contribution in [0.1, 0.15) is 38.1 Å². The van der Waals surface area contributed by atoms with Crippen molar-refractivity contribution in [1.82, 2.24) is 20.0 Å². The van der Waals surface area contributed by atoms with E-state index in [1.807, 2.05) is 23.4 Å². The molecule has 0 spiro atoms. The van der Waals surface area contributed by atoms with Crippen molar-refractivity contribution in [2.75, 3.05) is 19.6 Å². The Kier molecular flexibility index (Phi) is 6.04. The molecule has 1 fully saturated rings. The van der Waals surface area contributed by atoms with Crippen molar-refractivity contribution in [1.29, 1.82) is 0 Å². The summed E-state index contributed by atoms with van der Waals surface area (Å²) < 4.78 is 2.00. The van der Waals surface area contributed by atoms with Crippen LogP contribution in [0.4, 0.5) is 4.79 Å². The molecule has 1 aromatic heterocycles. The Morgan fingerprint density at radius 2 is 2.22 bits per heavy atom. The number of piperidine rings is 1. The van der Waals surface area contributed by atoms with E-state index in [1.54, 1.807) is 0 Å². The fraction of sp³-hybridized carbons (Fsp3) is 0.765. The summed E-state index contributed by atoms with van der Waals surface area (Å²) in [4.78, 5) is 14.1. The Bertz CT molecular complexity index is 527. The molecule has 0 saturated carbocycles. The van der Waals surface area contributed by atoms with E-state index in [1.165, 1.54) is 0 Å². The molecule has 6 nitrogen and oxygen atoms in total. The first-order valence-electron chi connectivity index (χ1n) is 8.58. The van der Waals surface area contributed by atoms with E-state index in [0.717, 1.165) is 37.3 Å². The normalized spacial score (nSPS) is 21.1. The molecule has 1 aliphatic heterocycles. The molecule has 0 aliphatic carbocycles. The summed E-state index contributed by atoms with van der Waals surface area (Å²) in [5, 5.41) is 17.2. The number of aryl methyl sites for hydroxylation is 2. The SMILES string of the molecule is Cc1cc(C)n(CC(C)CNC(=O)N2CCCC(C(C)O)C2)n1. The van der Waals surface area contributed by atoms with Gasteiger partial charge in [-0.2, -0.15) is 5.10 Å². The summed E-state index contributed by atoms with van der Waals surface area (Å²) in [5.41, 5.74) is 2.17. The van der Waals surface area contributed by atoms with Crippen LogP contribution in [0.3, 0.4) is 0 Å². The molecule has 130 valence electrons. The van der Waals surface area contributed by atoms with Gasteiger partial charge in [0.1, 0.15) is 0 Å². The number of carbonyl (C=O) groups excluding carboxylic acids is 1. The van der Waals surface area contributed by atoms with E-state index in [-0.39, 0.29) is 18.1 Å². The fourth-order valence-electron chi connectivity index (χ4n) is 3.18. The van der Waals surface area contributed by atoms with Crippen molar-refractivity contribution in [3.05, 3.63) is 17.5 Å². The van der Waals surface area contributed by atoms with Gasteiger partial charge in [-0.05, 0) is 45.6 Å². The maximum atomic E-state index is 12.3. The van der Waals surface area contributed by atoms with E-state index < -0.39 is 0 Å². The largest absolute Gasteiger partial charge is 0.393 e. The number of nitrogens with one attached hydrogen (secondary N) is 1. The Balaban J connectivity index is 1.78. The van der Waals surface area contributed by atoms with Gasteiger partial charge in [0.2, 0.25) is 0 Å². The molecule has 23 heavy (non-hydrogen) atoms.